The summed E-state index contributed by atoms with van der Waals surface area (Å²) in [7, 11) is 0. The zero-order chi connectivity index (χ0) is 18.7. The zero-order valence-corrected chi connectivity index (χ0v) is 15.5. The number of carbonyl (C=O) groups excluding carboxylic acids is 2. The maximum Gasteiger partial charge on any atom is 0.229 e. The smallest absolute Gasteiger partial charge is 0.229 e. The molecule has 1 unspecified atom stereocenters. The highest BCUT2D eigenvalue weighted by Crippen LogP contribution is 2.30. The van der Waals surface area contributed by atoms with Crippen LogP contribution in [0.2, 0.25) is 5.02 Å². The second kappa shape index (κ2) is 7.79. The molecule has 2 aromatic carbocycles. The number of nitrogens with one attached hydrogen (secondary N) is 1. The Kier molecular flexibility index (Phi) is 5.47. The number of halogens is 1. The summed E-state index contributed by atoms with van der Waals surface area (Å²) in [5.41, 5.74) is 2.40. The van der Waals surface area contributed by atoms with Crippen LogP contribution in [0, 0.1) is 12.8 Å². The topological polar surface area (TPSA) is 58.6 Å². The maximum atomic E-state index is 12.5. The van der Waals surface area contributed by atoms with E-state index >= 15 is 0 Å². The highest BCUT2D eigenvalue weighted by molar-refractivity contribution is 6.30. The van der Waals surface area contributed by atoms with Gasteiger partial charge in [-0.2, -0.15) is 0 Å². The summed E-state index contributed by atoms with van der Waals surface area (Å²) in [6.07, 6.45) is 0.199. The normalized spacial score (nSPS) is 16.7. The van der Waals surface area contributed by atoms with Crippen molar-refractivity contribution in [3.05, 3.63) is 53.1 Å². The summed E-state index contributed by atoms with van der Waals surface area (Å²) < 4.78 is 5.39. The number of rotatable bonds is 5. The third-order valence-electron chi connectivity index (χ3n) is 4.38. The Balaban J connectivity index is 1.66. The van der Waals surface area contributed by atoms with Gasteiger partial charge in [0.15, 0.2) is 0 Å². The average Bonchev–Trinajstić information content (AvgIpc) is 2.99. The maximum absolute atomic E-state index is 12.5. The Hall–Kier alpha value is -2.53. The molecule has 2 amide bonds. The fourth-order valence-electron chi connectivity index (χ4n) is 3.08. The van der Waals surface area contributed by atoms with E-state index in [4.69, 9.17) is 16.3 Å². The fourth-order valence-corrected chi connectivity index (χ4v) is 3.31. The number of carbonyl (C=O) groups is 2. The predicted molar refractivity (Wildman–Crippen MR) is 103 cm³/mol. The molecule has 1 saturated heterocycles. The molecular weight excluding hydrogens is 352 g/mol. The van der Waals surface area contributed by atoms with Crippen molar-refractivity contribution in [1.29, 1.82) is 0 Å². The monoisotopic (exact) mass is 372 g/mol. The first-order chi connectivity index (χ1) is 12.5. The number of anilines is 2. The summed E-state index contributed by atoms with van der Waals surface area (Å²) in [5.74, 6) is 0.161. The van der Waals surface area contributed by atoms with Crippen LogP contribution in [0.5, 0.6) is 5.75 Å². The Morgan fingerprint density at radius 2 is 2.00 bits per heavy atom. The van der Waals surface area contributed by atoms with Crippen LogP contribution >= 0.6 is 11.6 Å². The van der Waals surface area contributed by atoms with Crippen molar-refractivity contribution in [2.45, 2.75) is 20.3 Å². The van der Waals surface area contributed by atoms with E-state index in [-0.39, 0.29) is 24.2 Å². The summed E-state index contributed by atoms with van der Waals surface area (Å²) in [5, 5.41) is 3.50. The summed E-state index contributed by atoms with van der Waals surface area (Å²) >= 11 is 5.98. The van der Waals surface area contributed by atoms with Gasteiger partial charge in [-0.15, -0.1) is 0 Å². The van der Waals surface area contributed by atoms with Gasteiger partial charge in [0, 0.05) is 29.4 Å². The molecule has 1 aliphatic rings. The van der Waals surface area contributed by atoms with E-state index < -0.39 is 0 Å². The molecule has 1 N–H and O–H groups in total. The molecular formula is C20H21ClN2O3. The largest absolute Gasteiger partial charge is 0.494 e. The molecule has 1 atom stereocenters. The van der Waals surface area contributed by atoms with Gasteiger partial charge in [0.25, 0.3) is 0 Å². The molecule has 0 radical (unpaired) electrons. The van der Waals surface area contributed by atoms with Crippen molar-refractivity contribution in [3.63, 3.8) is 0 Å². The molecule has 1 fully saturated rings. The second-order valence-electron chi connectivity index (χ2n) is 6.28. The van der Waals surface area contributed by atoms with Gasteiger partial charge in [0.2, 0.25) is 11.8 Å². The molecule has 0 bridgehead atoms. The van der Waals surface area contributed by atoms with Crippen molar-refractivity contribution < 1.29 is 14.3 Å². The third kappa shape index (κ3) is 3.99. The molecule has 1 heterocycles. The molecule has 0 spiro atoms. The summed E-state index contributed by atoms with van der Waals surface area (Å²) in [4.78, 5) is 26.6. The number of amides is 2. The first-order valence-electron chi connectivity index (χ1n) is 8.58. The van der Waals surface area contributed by atoms with Crippen molar-refractivity contribution in [2.24, 2.45) is 5.92 Å². The minimum Gasteiger partial charge on any atom is -0.494 e. The van der Waals surface area contributed by atoms with Crippen molar-refractivity contribution in [3.8, 4) is 5.75 Å². The van der Waals surface area contributed by atoms with Crippen LogP contribution < -0.4 is 15.0 Å². The lowest BCUT2D eigenvalue weighted by Crippen LogP contribution is -2.28. The van der Waals surface area contributed by atoms with Crippen LogP contribution in [0.3, 0.4) is 0 Å². The van der Waals surface area contributed by atoms with Crippen LogP contribution in [0.25, 0.3) is 0 Å². The molecule has 26 heavy (non-hydrogen) atoms. The number of hydrogen-bond donors (Lipinski definition) is 1. The van der Waals surface area contributed by atoms with Gasteiger partial charge in [-0.25, -0.2) is 0 Å². The Labute approximate surface area is 157 Å². The van der Waals surface area contributed by atoms with Crippen LogP contribution in [0.1, 0.15) is 18.9 Å². The van der Waals surface area contributed by atoms with Gasteiger partial charge in [-0.3, -0.25) is 9.59 Å². The summed E-state index contributed by atoms with van der Waals surface area (Å²) in [6, 6.07) is 12.6. The van der Waals surface area contributed by atoms with Gasteiger partial charge >= 0.3 is 0 Å². The minimum atomic E-state index is -0.385. The first-order valence-corrected chi connectivity index (χ1v) is 8.96. The van der Waals surface area contributed by atoms with Gasteiger partial charge in [-0.1, -0.05) is 11.6 Å². The minimum absolute atomic E-state index is 0.0535. The lowest BCUT2D eigenvalue weighted by molar-refractivity contribution is -0.122. The van der Waals surface area contributed by atoms with Gasteiger partial charge in [0.05, 0.1) is 12.5 Å². The molecule has 2 aromatic rings. The van der Waals surface area contributed by atoms with Crippen LogP contribution in [0.15, 0.2) is 42.5 Å². The molecule has 0 aliphatic carbocycles. The molecule has 136 valence electrons. The third-order valence-corrected chi connectivity index (χ3v) is 4.61. The van der Waals surface area contributed by atoms with Crippen LogP contribution in [-0.2, 0) is 9.59 Å². The zero-order valence-electron chi connectivity index (χ0n) is 14.8. The standard InChI is InChI=1S/C20H21ClN2O3/c1-3-26-17-7-5-16(6-8-17)22-20(25)14-11-19(24)23(12-14)18-9-4-15(21)10-13(18)2/h4-10,14H,3,11-12H2,1-2H3,(H,22,25). The number of hydrogen-bond acceptors (Lipinski definition) is 3. The Morgan fingerprint density at radius 3 is 2.65 bits per heavy atom. The van der Waals surface area contributed by atoms with E-state index in [1.165, 1.54) is 0 Å². The number of aryl methyl sites for hydroxylation is 1. The number of ether oxygens (including phenoxy) is 1. The molecule has 3 rings (SSSR count). The number of nitrogens with zero attached hydrogens (tertiary/aromatic N) is 1. The van der Waals surface area contributed by atoms with Gasteiger partial charge in [0.1, 0.15) is 5.75 Å². The van der Waals surface area contributed by atoms with E-state index in [2.05, 4.69) is 5.32 Å². The molecule has 6 heteroatoms. The van der Waals surface area contributed by atoms with E-state index in [0.29, 0.717) is 23.9 Å². The lowest BCUT2D eigenvalue weighted by atomic mass is 10.1. The lowest BCUT2D eigenvalue weighted by Gasteiger charge is -2.19. The Morgan fingerprint density at radius 1 is 1.27 bits per heavy atom. The average molecular weight is 373 g/mol. The van der Waals surface area contributed by atoms with Crippen molar-refractivity contribution in [2.75, 3.05) is 23.4 Å². The first kappa shape index (κ1) is 18.3. The number of benzene rings is 2. The second-order valence-corrected chi connectivity index (χ2v) is 6.72. The van der Waals surface area contributed by atoms with Crippen molar-refractivity contribution >= 4 is 34.8 Å². The summed E-state index contributed by atoms with van der Waals surface area (Å²) in [6.45, 7) is 4.78. The molecule has 0 saturated carbocycles. The molecule has 1 aliphatic heterocycles. The Bertz CT molecular complexity index is 820. The fraction of sp³-hybridized carbons (Fsp3) is 0.300. The van der Waals surface area contributed by atoms with Gasteiger partial charge in [-0.05, 0) is 61.9 Å². The SMILES string of the molecule is CCOc1ccc(NC(=O)C2CC(=O)N(c3ccc(Cl)cc3C)C2)cc1. The highest BCUT2D eigenvalue weighted by atomic mass is 35.5. The van der Waals surface area contributed by atoms with E-state index in [9.17, 15) is 9.59 Å². The molecule has 0 aromatic heterocycles. The quantitative estimate of drug-likeness (QED) is 0.861. The van der Waals surface area contributed by atoms with Crippen LogP contribution in [0.4, 0.5) is 11.4 Å². The van der Waals surface area contributed by atoms with E-state index in [1.54, 1.807) is 23.1 Å². The highest BCUT2D eigenvalue weighted by Gasteiger charge is 2.35. The predicted octanol–water partition coefficient (Wildman–Crippen LogP) is 4.04. The molecule has 5 nitrogen and oxygen atoms in total. The van der Waals surface area contributed by atoms with E-state index in [1.807, 2.05) is 38.1 Å². The van der Waals surface area contributed by atoms with Gasteiger partial charge < -0.3 is 15.0 Å². The van der Waals surface area contributed by atoms with Crippen molar-refractivity contribution in [1.82, 2.24) is 0 Å². The van der Waals surface area contributed by atoms with E-state index in [0.717, 1.165) is 17.0 Å². The van der Waals surface area contributed by atoms with Crippen LogP contribution in [-0.4, -0.2) is 25.0 Å².